The fraction of sp³-hybridized carbons (Fsp3) is 0.533. The second kappa shape index (κ2) is 5.02. The molecule has 0 unspecified atom stereocenters. The molecule has 6 nitrogen and oxygen atoms in total. The zero-order chi connectivity index (χ0) is 15.1. The molecule has 0 atom stereocenters. The Morgan fingerprint density at radius 3 is 2.48 bits per heavy atom. The molecule has 21 heavy (non-hydrogen) atoms. The zero-order valence-corrected chi connectivity index (χ0v) is 12.7. The standard InChI is InChI=1S/C15H20N4O2/c1-10-5-8-19(9-6-10)11-4-7-16-13-12(11)14(20)18(3)15(21)17(13)2/h4,7,10H,5-6,8-9H2,1-3H3. The lowest BCUT2D eigenvalue weighted by Crippen LogP contribution is -2.39. The number of piperidine rings is 1. The summed E-state index contributed by atoms with van der Waals surface area (Å²) in [4.78, 5) is 31.0. The number of pyridine rings is 1. The van der Waals surface area contributed by atoms with Crippen LogP contribution in [0.3, 0.4) is 0 Å². The van der Waals surface area contributed by atoms with E-state index in [1.54, 1.807) is 13.2 Å². The number of anilines is 1. The van der Waals surface area contributed by atoms with Crippen LogP contribution in [0.5, 0.6) is 0 Å². The second-order valence-corrected chi connectivity index (χ2v) is 5.90. The summed E-state index contributed by atoms with van der Waals surface area (Å²) in [6, 6.07) is 1.88. The van der Waals surface area contributed by atoms with E-state index in [2.05, 4.69) is 16.8 Å². The van der Waals surface area contributed by atoms with Crippen LogP contribution < -0.4 is 16.1 Å². The molecule has 0 saturated carbocycles. The van der Waals surface area contributed by atoms with Gasteiger partial charge < -0.3 is 4.90 Å². The van der Waals surface area contributed by atoms with Crippen LogP contribution in [0.25, 0.3) is 11.0 Å². The molecule has 1 aliphatic rings. The molecule has 6 heteroatoms. The third-order valence-corrected chi connectivity index (χ3v) is 4.44. The van der Waals surface area contributed by atoms with E-state index in [1.165, 1.54) is 11.6 Å². The van der Waals surface area contributed by atoms with Crippen molar-refractivity contribution in [1.29, 1.82) is 0 Å². The maximum Gasteiger partial charge on any atom is 0.332 e. The fourth-order valence-electron chi connectivity index (χ4n) is 2.98. The molecule has 0 aromatic carbocycles. The Morgan fingerprint density at radius 1 is 1.14 bits per heavy atom. The van der Waals surface area contributed by atoms with Crippen molar-refractivity contribution in [3.63, 3.8) is 0 Å². The van der Waals surface area contributed by atoms with Gasteiger partial charge in [-0.05, 0) is 24.8 Å². The van der Waals surface area contributed by atoms with Crippen molar-refractivity contribution in [2.24, 2.45) is 20.0 Å². The van der Waals surface area contributed by atoms with Gasteiger partial charge in [-0.3, -0.25) is 13.9 Å². The van der Waals surface area contributed by atoms with E-state index in [0.29, 0.717) is 11.0 Å². The average molecular weight is 288 g/mol. The molecular formula is C15H20N4O2. The number of hydrogen-bond acceptors (Lipinski definition) is 4. The van der Waals surface area contributed by atoms with Gasteiger partial charge in [-0.15, -0.1) is 0 Å². The molecule has 1 fully saturated rings. The van der Waals surface area contributed by atoms with E-state index in [-0.39, 0.29) is 11.2 Å². The van der Waals surface area contributed by atoms with Crippen LogP contribution in [0.2, 0.25) is 0 Å². The minimum Gasteiger partial charge on any atom is -0.371 e. The first-order chi connectivity index (χ1) is 10.0. The van der Waals surface area contributed by atoms with Crippen LogP contribution in [0, 0.1) is 5.92 Å². The highest BCUT2D eigenvalue weighted by molar-refractivity contribution is 5.88. The van der Waals surface area contributed by atoms with Crippen LogP contribution in [0.15, 0.2) is 21.9 Å². The van der Waals surface area contributed by atoms with Crippen molar-refractivity contribution in [3.05, 3.63) is 33.1 Å². The summed E-state index contributed by atoms with van der Waals surface area (Å²) >= 11 is 0. The summed E-state index contributed by atoms with van der Waals surface area (Å²) in [7, 11) is 3.17. The second-order valence-electron chi connectivity index (χ2n) is 5.90. The van der Waals surface area contributed by atoms with E-state index < -0.39 is 0 Å². The highest BCUT2D eigenvalue weighted by Gasteiger charge is 2.21. The fourth-order valence-corrected chi connectivity index (χ4v) is 2.98. The van der Waals surface area contributed by atoms with Gasteiger partial charge in [-0.2, -0.15) is 0 Å². The first-order valence-corrected chi connectivity index (χ1v) is 7.30. The number of rotatable bonds is 1. The van der Waals surface area contributed by atoms with Crippen molar-refractivity contribution in [3.8, 4) is 0 Å². The quantitative estimate of drug-likeness (QED) is 0.781. The molecular weight excluding hydrogens is 268 g/mol. The maximum atomic E-state index is 12.5. The number of nitrogens with zero attached hydrogens (tertiary/aromatic N) is 4. The molecule has 2 aromatic heterocycles. The van der Waals surface area contributed by atoms with E-state index in [0.717, 1.165) is 42.1 Å². The molecule has 3 rings (SSSR count). The molecule has 1 saturated heterocycles. The molecule has 112 valence electrons. The summed E-state index contributed by atoms with van der Waals surface area (Å²) in [5.41, 5.74) is 0.738. The van der Waals surface area contributed by atoms with E-state index >= 15 is 0 Å². The first-order valence-electron chi connectivity index (χ1n) is 7.30. The minimum atomic E-state index is -0.343. The normalized spacial score (nSPS) is 16.6. The number of aromatic nitrogens is 3. The summed E-state index contributed by atoms with van der Waals surface area (Å²) in [6.45, 7) is 4.13. The van der Waals surface area contributed by atoms with Gasteiger partial charge in [0.05, 0.1) is 5.69 Å². The van der Waals surface area contributed by atoms with Gasteiger partial charge in [0.1, 0.15) is 5.39 Å². The highest BCUT2D eigenvalue weighted by atomic mass is 16.2. The van der Waals surface area contributed by atoms with Crippen molar-refractivity contribution in [2.75, 3.05) is 18.0 Å². The summed E-state index contributed by atoms with van der Waals surface area (Å²) in [5.74, 6) is 0.724. The molecule has 2 aromatic rings. The van der Waals surface area contributed by atoms with Crippen LogP contribution in [0.1, 0.15) is 19.8 Å². The van der Waals surface area contributed by atoms with Gasteiger partial charge in [-0.1, -0.05) is 6.92 Å². The van der Waals surface area contributed by atoms with Gasteiger partial charge in [0, 0.05) is 33.4 Å². The Hall–Kier alpha value is -2.11. The molecule has 0 N–H and O–H groups in total. The Kier molecular flexibility index (Phi) is 3.31. The SMILES string of the molecule is CC1CCN(c2ccnc3c2c(=O)n(C)c(=O)n3C)CC1. The van der Waals surface area contributed by atoms with Crippen LogP contribution in [0.4, 0.5) is 5.69 Å². The van der Waals surface area contributed by atoms with E-state index in [4.69, 9.17) is 0 Å². The topological polar surface area (TPSA) is 60.1 Å². The van der Waals surface area contributed by atoms with Crippen molar-refractivity contribution < 1.29 is 0 Å². The third-order valence-electron chi connectivity index (χ3n) is 4.44. The Balaban J connectivity index is 2.25. The van der Waals surface area contributed by atoms with E-state index in [1.807, 2.05) is 6.07 Å². The molecule has 0 aliphatic carbocycles. The van der Waals surface area contributed by atoms with E-state index in [9.17, 15) is 9.59 Å². The smallest absolute Gasteiger partial charge is 0.332 e. The summed E-state index contributed by atoms with van der Waals surface area (Å²) in [5, 5.41) is 0.539. The minimum absolute atomic E-state index is 0.269. The average Bonchev–Trinajstić information content (AvgIpc) is 2.51. The number of aryl methyl sites for hydroxylation is 1. The summed E-state index contributed by atoms with van der Waals surface area (Å²) < 4.78 is 2.59. The van der Waals surface area contributed by atoms with Gasteiger partial charge >= 0.3 is 5.69 Å². The van der Waals surface area contributed by atoms with Gasteiger partial charge in [0.15, 0.2) is 5.65 Å². The Bertz CT molecular complexity index is 798. The van der Waals surface area contributed by atoms with Crippen molar-refractivity contribution in [2.45, 2.75) is 19.8 Å². The molecule has 0 radical (unpaired) electrons. The molecule has 0 bridgehead atoms. The first kappa shape index (κ1) is 13.9. The largest absolute Gasteiger partial charge is 0.371 e. The molecule has 3 heterocycles. The number of hydrogen-bond donors (Lipinski definition) is 0. The lowest BCUT2D eigenvalue weighted by atomic mass is 9.98. The Morgan fingerprint density at radius 2 is 1.81 bits per heavy atom. The van der Waals surface area contributed by atoms with Crippen molar-refractivity contribution in [1.82, 2.24) is 14.1 Å². The highest BCUT2D eigenvalue weighted by Crippen LogP contribution is 2.26. The third kappa shape index (κ3) is 2.14. The maximum absolute atomic E-state index is 12.5. The molecule has 0 amide bonds. The predicted octanol–water partition coefficient (Wildman–Crippen LogP) is 0.869. The predicted molar refractivity (Wildman–Crippen MR) is 82.8 cm³/mol. The Labute approximate surface area is 122 Å². The molecule has 0 spiro atoms. The van der Waals surface area contributed by atoms with Crippen molar-refractivity contribution >= 4 is 16.7 Å². The monoisotopic (exact) mass is 288 g/mol. The molecule has 1 aliphatic heterocycles. The van der Waals surface area contributed by atoms with Gasteiger partial charge in [0.2, 0.25) is 0 Å². The van der Waals surface area contributed by atoms with Gasteiger partial charge in [0.25, 0.3) is 5.56 Å². The zero-order valence-electron chi connectivity index (χ0n) is 12.7. The van der Waals surface area contributed by atoms with Crippen LogP contribution >= 0.6 is 0 Å². The summed E-state index contributed by atoms with van der Waals surface area (Å²) in [6.07, 6.45) is 3.92. The lowest BCUT2D eigenvalue weighted by molar-refractivity contribution is 0.439. The lowest BCUT2D eigenvalue weighted by Gasteiger charge is -2.32. The number of fused-ring (bicyclic) bond motifs is 1. The van der Waals surface area contributed by atoms with Crippen LogP contribution in [-0.2, 0) is 14.1 Å². The van der Waals surface area contributed by atoms with Gasteiger partial charge in [-0.25, -0.2) is 9.78 Å². The van der Waals surface area contributed by atoms with Crippen LogP contribution in [-0.4, -0.2) is 27.2 Å².